The molecule has 0 N–H and O–H groups in total. The quantitative estimate of drug-likeness (QED) is 0.376. The molecule has 3 aromatic rings. The molecule has 0 fully saturated rings. The average Bonchev–Trinajstić information content (AvgIpc) is 2.95. The molecule has 4 nitrogen and oxygen atoms in total. The van der Waals surface area contributed by atoms with Crippen molar-refractivity contribution in [1.29, 1.82) is 0 Å². The van der Waals surface area contributed by atoms with Gasteiger partial charge in [-0.2, -0.15) is 0 Å². The summed E-state index contributed by atoms with van der Waals surface area (Å²) >= 11 is 3.27. The number of rotatable bonds is 3. The zero-order valence-electron chi connectivity index (χ0n) is 13.6. The van der Waals surface area contributed by atoms with Gasteiger partial charge in [-0.1, -0.05) is 33.6 Å². The minimum atomic E-state index is -4.27. The van der Waals surface area contributed by atoms with Crippen molar-refractivity contribution in [2.24, 2.45) is 0 Å². The highest BCUT2D eigenvalue weighted by Gasteiger charge is 2.18. The van der Waals surface area contributed by atoms with E-state index >= 15 is 0 Å². The van der Waals surface area contributed by atoms with Crippen LogP contribution in [0.2, 0.25) is 0 Å². The average molecular weight is 535 g/mol. The van der Waals surface area contributed by atoms with Gasteiger partial charge in [-0.15, -0.1) is 0 Å². The smallest absolute Gasteiger partial charge is 0.400 e. The monoisotopic (exact) mass is 534 g/mol. The summed E-state index contributed by atoms with van der Waals surface area (Å²) in [6.07, 6.45) is 0. The van der Waals surface area contributed by atoms with E-state index < -0.39 is 10.1 Å². The fraction of sp³-hybridized carbons (Fsp3) is 0.111. The third-order valence-electron chi connectivity index (χ3n) is 3.02. The molecule has 1 heterocycles. The standard InChI is InChI=1S/C11H9BrIO.C7H8O3S/c1-8-2-7-11(14-8)13-10-5-3-9(12)4-6-10;1-6-2-4-7(5-3-6)11(8,9)10/h2-7H,1H3;2-5H,1H3,(H,8,9,10)/q+1;/p-1. The molecule has 0 amide bonds. The van der Waals surface area contributed by atoms with Gasteiger partial charge in [-0.25, -0.2) is 8.42 Å². The van der Waals surface area contributed by atoms with Crippen molar-refractivity contribution in [1.82, 2.24) is 0 Å². The second kappa shape index (κ2) is 8.98. The first-order valence-electron chi connectivity index (χ1n) is 7.23. The van der Waals surface area contributed by atoms with Gasteiger partial charge in [0.15, 0.2) is 3.57 Å². The van der Waals surface area contributed by atoms with Crippen molar-refractivity contribution in [2.75, 3.05) is 0 Å². The Balaban J connectivity index is 0.000000186. The van der Waals surface area contributed by atoms with Gasteiger partial charge in [-0.05, 0) is 56.3 Å². The largest absolute Gasteiger partial charge is 0.744 e. The van der Waals surface area contributed by atoms with E-state index in [9.17, 15) is 13.0 Å². The maximum Gasteiger partial charge on any atom is 0.400 e. The zero-order chi connectivity index (χ0) is 18.4. The predicted octanol–water partition coefficient (Wildman–Crippen LogP) is 1.38. The van der Waals surface area contributed by atoms with Crippen molar-refractivity contribution in [3.05, 3.63) is 83.8 Å². The molecule has 25 heavy (non-hydrogen) atoms. The van der Waals surface area contributed by atoms with Crippen molar-refractivity contribution in [3.8, 4) is 0 Å². The van der Waals surface area contributed by atoms with Gasteiger partial charge in [0, 0.05) is 10.5 Å². The van der Waals surface area contributed by atoms with Crippen molar-refractivity contribution < 1.29 is 38.6 Å². The summed E-state index contributed by atoms with van der Waals surface area (Å²) in [4.78, 5) is -0.178. The second-order valence-electron chi connectivity index (χ2n) is 5.15. The third kappa shape index (κ3) is 6.93. The highest BCUT2D eigenvalue weighted by molar-refractivity contribution is 9.10. The fourth-order valence-electron chi connectivity index (χ4n) is 1.76. The lowest BCUT2D eigenvalue weighted by Gasteiger charge is -2.05. The lowest BCUT2D eigenvalue weighted by Crippen LogP contribution is -3.61. The molecule has 0 aliphatic heterocycles. The summed E-state index contributed by atoms with van der Waals surface area (Å²) in [6.45, 7) is 3.80. The van der Waals surface area contributed by atoms with E-state index in [-0.39, 0.29) is 26.1 Å². The molecule has 7 heteroatoms. The first kappa shape index (κ1) is 20.2. The minimum Gasteiger partial charge on any atom is -0.744 e. The molecule has 0 radical (unpaired) electrons. The van der Waals surface area contributed by atoms with E-state index in [0.717, 1.165) is 19.6 Å². The zero-order valence-corrected chi connectivity index (χ0v) is 18.1. The summed E-state index contributed by atoms with van der Waals surface area (Å²) in [7, 11) is -4.27. The normalized spacial score (nSPS) is 10.9. The first-order chi connectivity index (χ1) is 11.7. The number of benzene rings is 2. The van der Waals surface area contributed by atoms with Crippen LogP contribution in [-0.2, 0) is 10.1 Å². The van der Waals surface area contributed by atoms with Crippen LogP contribution in [0.5, 0.6) is 0 Å². The number of aryl methyl sites for hydroxylation is 2. The van der Waals surface area contributed by atoms with Gasteiger partial charge in [0.25, 0.3) is 0 Å². The van der Waals surface area contributed by atoms with Gasteiger partial charge in [0.2, 0.25) is 0 Å². The Hall–Kier alpha value is -1.16. The Morgan fingerprint density at radius 1 is 0.920 bits per heavy atom. The lowest BCUT2D eigenvalue weighted by molar-refractivity contribution is -0.617. The van der Waals surface area contributed by atoms with Crippen LogP contribution < -0.4 is 21.2 Å². The predicted molar refractivity (Wildman–Crippen MR) is 94.1 cm³/mol. The molecule has 3 rings (SSSR count). The molecule has 132 valence electrons. The first-order valence-corrected chi connectivity index (χ1v) is 11.6. The Kier molecular flexibility index (Phi) is 7.24. The van der Waals surface area contributed by atoms with Gasteiger partial charge in [-0.3, -0.25) is 0 Å². The highest BCUT2D eigenvalue weighted by Crippen LogP contribution is 2.08. The molecular formula is C18H16BrIO4S. The molecule has 0 unspecified atom stereocenters. The van der Waals surface area contributed by atoms with E-state index in [1.807, 2.05) is 19.9 Å². The summed E-state index contributed by atoms with van der Waals surface area (Å²) in [6, 6.07) is 18.3. The Bertz CT molecular complexity index is 916. The maximum absolute atomic E-state index is 10.4. The maximum atomic E-state index is 10.4. The molecule has 0 aliphatic carbocycles. The Morgan fingerprint density at radius 2 is 1.52 bits per heavy atom. The topological polar surface area (TPSA) is 70.3 Å². The van der Waals surface area contributed by atoms with Crippen molar-refractivity contribution in [3.63, 3.8) is 0 Å². The molecule has 0 saturated heterocycles. The number of hydrogen-bond acceptors (Lipinski definition) is 4. The van der Waals surface area contributed by atoms with E-state index in [2.05, 4.69) is 46.3 Å². The van der Waals surface area contributed by atoms with E-state index in [0.29, 0.717) is 0 Å². The molecular weight excluding hydrogens is 519 g/mol. The van der Waals surface area contributed by atoms with Crippen LogP contribution >= 0.6 is 15.9 Å². The Morgan fingerprint density at radius 3 is 2.00 bits per heavy atom. The molecule has 1 aromatic heterocycles. The van der Waals surface area contributed by atoms with Crippen molar-refractivity contribution in [2.45, 2.75) is 18.7 Å². The van der Waals surface area contributed by atoms with Gasteiger partial charge in [0.05, 0.1) is 4.90 Å². The van der Waals surface area contributed by atoms with Crippen LogP contribution in [0.4, 0.5) is 0 Å². The lowest BCUT2D eigenvalue weighted by atomic mass is 10.2. The molecule has 2 aromatic carbocycles. The third-order valence-corrected chi connectivity index (χ3v) is 6.85. The summed E-state index contributed by atoms with van der Waals surface area (Å²) in [5, 5.41) is 0. The van der Waals surface area contributed by atoms with Crippen LogP contribution in [0.15, 0.2) is 74.4 Å². The van der Waals surface area contributed by atoms with Crippen LogP contribution in [0.3, 0.4) is 0 Å². The fourth-order valence-corrected chi connectivity index (χ4v) is 4.64. The summed E-state index contributed by atoms with van der Waals surface area (Å²) in [5.74, 6) is 0.997. The van der Waals surface area contributed by atoms with E-state index in [1.54, 1.807) is 12.1 Å². The van der Waals surface area contributed by atoms with Crippen LogP contribution in [-0.4, -0.2) is 13.0 Å². The number of halogens is 2. The van der Waals surface area contributed by atoms with E-state index in [4.69, 9.17) is 4.42 Å². The summed E-state index contributed by atoms with van der Waals surface area (Å²) < 4.78 is 40.4. The van der Waals surface area contributed by atoms with Crippen LogP contribution in [0.25, 0.3) is 0 Å². The number of hydrogen-bond donors (Lipinski definition) is 0. The van der Waals surface area contributed by atoms with Gasteiger partial charge in [0.1, 0.15) is 15.9 Å². The Labute approximate surface area is 166 Å². The molecule has 0 bridgehead atoms. The van der Waals surface area contributed by atoms with E-state index in [1.165, 1.54) is 15.7 Å². The van der Waals surface area contributed by atoms with Crippen LogP contribution in [0, 0.1) is 21.2 Å². The second-order valence-corrected chi connectivity index (χ2v) is 10.3. The number of furan rings is 1. The molecule has 0 atom stereocenters. The minimum absolute atomic E-state index is 0.151. The van der Waals surface area contributed by atoms with Crippen molar-refractivity contribution >= 4 is 26.0 Å². The van der Waals surface area contributed by atoms with Crippen LogP contribution in [0.1, 0.15) is 11.3 Å². The SMILES string of the molecule is Cc1ccc(S(=O)(=O)[O-])cc1.Cc1ccc([I+]c2ccc(Br)cc2)o1. The molecule has 0 saturated carbocycles. The highest BCUT2D eigenvalue weighted by atomic mass is 127. The molecule has 0 spiro atoms. The summed E-state index contributed by atoms with van der Waals surface area (Å²) in [5.41, 5.74) is 0.928. The molecule has 0 aliphatic rings. The van der Waals surface area contributed by atoms with Gasteiger partial charge < -0.3 is 8.97 Å². The van der Waals surface area contributed by atoms with Gasteiger partial charge >= 0.3 is 25.0 Å².